The first-order chi connectivity index (χ1) is 13.9. The summed E-state index contributed by atoms with van der Waals surface area (Å²) in [6, 6.07) is 6.52. The Morgan fingerprint density at radius 3 is 2.52 bits per heavy atom. The lowest BCUT2D eigenvalue weighted by atomic mass is 10.2. The Hall–Kier alpha value is -3.23. The lowest BCUT2D eigenvalue weighted by molar-refractivity contribution is -0.134. The number of nitrogens with zero attached hydrogens (tertiary/aromatic N) is 2. The first-order valence-corrected chi connectivity index (χ1v) is 9.61. The maximum Gasteiger partial charge on any atom is 0.409 e. The molecule has 1 unspecified atom stereocenters. The minimum Gasteiger partial charge on any atom is -0.496 e. The Morgan fingerprint density at radius 2 is 1.86 bits per heavy atom. The van der Waals surface area contributed by atoms with Crippen molar-refractivity contribution in [1.29, 1.82) is 0 Å². The number of aromatic nitrogens is 1. The summed E-state index contributed by atoms with van der Waals surface area (Å²) in [6.07, 6.45) is -0.366. The van der Waals surface area contributed by atoms with Crippen LogP contribution >= 0.6 is 0 Å². The van der Waals surface area contributed by atoms with Gasteiger partial charge in [0.2, 0.25) is 5.91 Å². The Balaban J connectivity index is 1.58. The minimum absolute atomic E-state index is 0.185. The van der Waals surface area contributed by atoms with Crippen LogP contribution in [-0.4, -0.2) is 78.6 Å². The Kier molecular flexibility index (Phi) is 6.26. The summed E-state index contributed by atoms with van der Waals surface area (Å²) in [5.41, 5.74) is 1.14. The van der Waals surface area contributed by atoms with Gasteiger partial charge >= 0.3 is 6.09 Å². The van der Waals surface area contributed by atoms with Gasteiger partial charge in [-0.15, -0.1) is 0 Å². The van der Waals surface area contributed by atoms with Crippen LogP contribution < -0.4 is 10.1 Å². The lowest BCUT2D eigenvalue weighted by Gasteiger charge is -2.35. The molecule has 3 rings (SSSR count). The number of carbonyl (C=O) groups is 3. The summed E-state index contributed by atoms with van der Waals surface area (Å²) in [6.45, 7) is 5.36. The fourth-order valence-corrected chi connectivity index (χ4v) is 3.36. The maximum atomic E-state index is 12.7. The van der Waals surface area contributed by atoms with Crippen LogP contribution in [-0.2, 0) is 9.53 Å². The number of ether oxygens (including phenoxy) is 2. The molecular weight excluding hydrogens is 376 g/mol. The summed E-state index contributed by atoms with van der Waals surface area (Å²) in [5, 5.41) is 3.54. The van der Waals surface area contributed by atoms with Crippen molar-refractivity contribution in [3.05, 3.63) is 30.0 Å². The lowest BCUT2D eigenvalue weighted by Crippen LogP contribution is -2.55. The molecule has 1 fully saturated rings. The topological polar surface area (TPSA) is 104 Å². The average molecular weight is 402 g/mol. The number of amides is 3. The smallest absolute Gasteiger partial charge is 0.409 e. The third kappa shape index (κ3) is 4.44. The number of benzene rings is 1. The van der Waals surface area contributed by atoms with Gasteiger partial charge < -0.3 is 29.6 Å². The number of carbonyl (C=O) groups excluding carboxylic acids is 3. The van der Waals surface area contributed by atoms with E-state index in [1.54, 1.807) is 36.8 Å². The molecule has 1 aliphatic rings. The number of rotatable bonds is 5. The van der Waals surface area contributed by atoms with Gasteiger partial charge in [-0.2, -0.15) is 0 Å². The van der Waals surface area contributed by atoms with E-state index in [1.165, 1.54) is 0 Å². The molecule has 0 bridgehead atoms. The molecule has 2 aromatic rings. The number of H-pyrrole nitrogens is 1. The Bertz CT molecular complexity index is 901. The molecule has 0 saturated carbocycles. The van der Waals surface area contributed by atoms with E-state index in [2.05, 4.69) is 10.3 Å². The largest absolute Gasteiger partial charge is 0.496 e. The van der Waals surface area contributed by atoms with Crippen molar-refractivity contribution in [2.75, 3.05) is 39.9 Å². The standard InChI is InChI=1S/C20H26N4O5/c1-4-29-20(27)24-10-8-23(9-11-24)19(26)13(2)21-18(25)16-12-14-15(22-16)6-5-7-17(14)28-3/h5-7,12-13,22H,4,8-11H2,1-3H3,(H,21,25). The zero-order valence-electron chi connectivity index (χ0n) is 16.9. The number of hydrogen-bond donors (Lipinski definition) is 2. The predicted molar refractivity (Wildman–Crippen MR) is 107 cm³/mol. The molecule has 1 aromatic heterocycles. The summed E-state index contributed by atoms with van der Waals surface area (Å²) < 4.78 is 10.3. The third-order valence-electron chi connectivity index (χ3n) is 4.92. The number of hydrogen-bond acceptors (Lipinski definition) is 5. The summed E-state index contributed by atoms with van der Waals surface area (Å²) in [4.78, 5) is 43.3. The molecule has 0 aliphatic carbocycles. The number of methoxy groups -OCH3 is 1. The fraction of sp³-hybridized carbons (Fsp3) is 0.450. The minimum atomic E-state index is -0.690. The molecule has 3 amide bonds. The first-order valence-electron chi connectivity index (χ1n) is 9.61. The van der Waals surface area contributed by atoms with Crippen LogP contribution in [0.5, 0.6) is 5.75 Å². The zero-order chi connectivity index (χ0) is 21.0. The number of fused-ring (bicyclic) bond motifs is 1. The van der Waals surface area contributed by atoms with Gasteiger partial charge in [-0.3, -0.25) is 9.59 Å². The van der Waals surface area contributed by atoms with E-state index in [9.17, 15) is 14.4 Å². The fourth-order valence-electron chi connectivity index (χ4n) is 3.36. The van der Waals surface area contributed by atoms with Crippen LogP contribution in [0.3, 0.4) is 0 Å². The highest BCUT2D eigenvalue weighted by Gasteiger charge is 2.28. The monoisotopic (exact) mass is 402 g/mol. The average Bonchev–Trinajstić information content (AvgIpc) is 3.18. The second-order valence-corrected chi connectivity index (χ2v) is 6.81. The van der Waals surface area contributed by atoms with Gasteiger partial charge in [-0.1, -0.05) is 6.07 Å². The third-order valence-corrected chi connectivity index (χ3v) is 4.92. The Morgan fingerprint density at radius 1 is 1.17 bits per heavy atom. The van der Waals surface area contributed by atoms with E-state index < -0.39 is 6.04 Å². The van der Waals surface area contributed by atoms with Crippen molar-refractivity contribution in [2.45, 2.75) is 19.9 Å². The van der Waals surface area contributed by atoms with E-state index in [1.807, 2.05) is 18.2 Å². The van der Waals surface area contributed by atoms with Gasteiger partial charge in [0.1, 0.15) is 17.5 Å². The molecule has 156 valence electrons. The van der Waals surface area contributed by atoms with E-state index >= 15 is 0 Å². The van der Waals surface area contributed by atoms with Crippen LogP contribution in [0.2, 0.25) is 0 Å². The van der Waals surface area contributed by atoms with Gasteiger partial charge in [-0.25, -0.2) is 4.79 Å². The molecule has 29 heavy (non-hydrogen) atoms. The molecular formula is C20H26N4O5. The second-order valence-electron chi connectivity index (χ2n) is 6.81. The Labute approximate surface area is 168 Å². The van der Waals surface area contributed by atoms with Crippen LogP contribution in [0.15, 0.2) is 24.3 Å². The van der Waals surface area contributed by atoms with Gasteiger partial charge in [0.05, 0.1) is 13.7 Å². The molecule has 1 aromatic carbocycles. The molecule has 9 nitrogen and oxygen atoms in total. The van der Waals surface area contributed by atoms with Gasteiger partial charge in [0.25, 0.3) is 5.91 Å². The molecule has 9 heteroatoms. The van der Waals surface area contributed by atoms with Gasteiger partial charge in [-0.05, 0) is 32.0 Å². The zero-order valence-corrected chi connectivity index (χ0v) is 16.9. The number of piperazine rings is 1. The molecule has 1 saturated heterocycles. The highest BCUT2D eigenvalue weighted by molar-refractivity contribution is 6.01. The normalized spacial score (nSPS) is 15.1. The van der Waals surface area contributed by atoms with E-state index in [-0.39, 0.29) is 17.9 Å². The van der Waals surface area contributed by atoms with Crippen molar-refractivity contribution >= 4 is 28.8 Å². The SMILES string of the molecule is CCOC(=O)N1CCN(C(=O)C(C)NC(=O)c2cc3c(OC)cccc3[nH]2)CC1. The summed E-state index contributed by atoms with van der Waals surface area (Å²) >= 11 is 0. The quantitative estimate of drug-likeness (QED) is 0.791. The van der Waals surface area contributed by atoms with Crippen LogP contribution in [0, 0.1) is 0 Å². The number of nitrogens with one attached hydrogen (secondary N) is 2. The van der Waals surface area contributed by atoms with E-state index in [0.29, 0.717) is 44.2 Å². The summed E-state index contributed by atoms with van der Waals surface area (Å²) in [7, 11) is 1.57. The van der Waals surface area contributed by atoms with Gasteiger partial charge in [0, 0.05) is 37.1 Å². The molecule has 0 radical (unpaired) electrons. The molecule has 2 N–H and O–H groups in total. The van der Waals surface area contributed by atoms with Crippen LogP contribution in [0.1, 0.15) is 24.3 Å². The first kappa shape index (κ1) is 20.5. The highest BCUT2D eigenvalue weighted by Crippen LogP contribution is 2.26. The molecule has 1 atom stereocenters. The maximum absolute atomic E-state index is 12.7. The molecule has 2 heterocycles. The van der Waals surface area contributed by atoms with Crippen molar-refractivity contribution < 1.29 is 23.9 Å². The van der Waals surface area contributed by atoms with Crippen molar-refractivity contribution in [1.82, 2.24) is 20.1 Å². The van der Waals surface area contributed by atoms with Crippen LogP contribution in [0.25, 0.3) is 10.9 Å². The second kappa shape index (κ2) is 8.85. The van der Waals surface area contributed by atoms with E-state index in [4.69, 9.17) is 9.47 Å². The molecule has 0 spiro atoms. The van der Waals surface area contributed by atoms with E-state index in [0.717, 1.165) is 10.9 Å². The number of aromatic amines is 1. The summed E-state index contributed by atoms with van der Waals surface area (Å²) in [5.74, 6) is 0.117. The predicted octanol–water partition coefficient (Wildman–Crippen LogP) is 1.60. The highest BCUT2D eigenvalue weighted by atomic mass is 16.6. The van der Waals surface area contributed by atoms with Crippen molar-refractivity contribution in [3.8, 4) is 5.75 Å². The van der Waals surface area contributed by atoms with Crippen molar-refractivity contribution in [3.63, 3.8) is 0 Å². The van der Waals surface area contributed by atoms with Crippen molar-refractivity contribution in [2.24, 2.45) is 0 Å². The van der Waals surface area contributed by atoms with Gasteiger partial charge in [0.15, 0.2) is 0 Å². The van der Waals surface area contributed by atoms with Crippen LogP contribution in [0.4, 0.5) is 4.79 Å². The molecule has 1 aliphatic heterocycles.